The Balaban J connectivity index is 1.61. The van der Waals surface area contributed by atoms with Crippen LogP contribution in [0.25, 0.3) is 22.2 Å². The molecule has 0 radical (unpaired) electrons. The number of aromatic nitrogens is 2. The molecule has 1 heterocycles. The number of carbonyl (C=O) groups excluding carboxylic acids is 1. The Hall–Kier alpha value is -3.60. The van der Waals surface area contributed by atoms with Gasteiger partial charge in [0.05, 0.1) is 12.6 Å². The molecule has 5 nitrogen and oxygen atoms in total. The summed E-state index contributed by atoms with van der Waals surface area (Å²) in [5, 5.41) is 8.84. The number of ether oxygens (including phenoxy) is 1. The molecule has 0 fully saturated rings. The van der Waals surface area contributed by atoms with E-state index in [0.29, 0.717) is 6.54 Å². The lowest BCUT2D eigenvalue weighted by atomic mass is 10.1. The van der Waals surface area contributed by atoms with E-state index < -0.39 is 6.04 Å². The van der Waals surface area contributed by atoms with E-state index >= 15 is 0 Å². The maximum absolute atomic E-state index is 12.9. The summed E-state index contributed by atoms with van der Waals surface area (Å²) >= 11 is 0. The number of rotatable bonds is 6. The van der Waals surface area contributed by atoms with Gasteiger partial charge in [-0.2, -0.15) is 5.10 Å². The SMILES string of the molecule is COc1ccccc1CNC(=O)[C@@H](C)n1nc(-c2ccccc2)c2ccccc21. The minimum Gasteiger partial charge on any atom is -0.496 e. The highest BCUT2D eigenvalue weighted by Gasteiger charge is 2.21. The summed E-state index contributed by atoms with van der Waals surface area (Å²) in [5.41, 5.74) is 3.78. The van der Waals surface area contributed by atoms with Crippen LogP contribution in [0.4, 0.5) is 0 Å². The third kappa shape index (κ3) is 3.72. The lowest BCUT2D eigenvalue weighted by molar-refractivity contribution is -0.124. The normalized spacial score (nSPS) is 11.9. The van der Waals surface area contributed by atoms with E-state index in [2.05, 4.69) is 5.32 Å². The van der Waals surface area contributed by atoms with Gasteiger partial charge in [-0.3, -0.25) is 9.48 Å². The van der Waals surface area contributed by atoms with Crippen LogP contribution in [0, 0.1) is 0 Å². The third-order valence-electron chi connectivity index (χ3n) is 5.05. The smallest absolute Gasteiger partial charge is 0.244 e. The number of benzene rings is 3. The van der Waals surface area contributed by atoms with Crippen LogP contribution in [0.15, 0.2) is 78.9 Å². The number of methoxy groups -OCH3 is 1. The summed E-state index contributed by atoms with van der Waals surface area (Å²) < 4.78 is 7.16. The fourth-order valence-corrected chi connectivity index (χ4v) is 3.48. The molecule has 29 heavy (non-hydrogen) atoms. The van der Waals surface area contributed by atoms with Gasteiger partial charge < -0.3 is 10.1 Å². The summed E-state index contributed by atoms with van der Waals surface area (Å²) in [6, 6.07) is 25.3. The minimum absolute atomic E-state index is 0.0937. The second-order valence-electron chi connectivity index (χ2n) is 6.88. The van der Waals surface area contributed by atoms with Gasteiger partial charge in [0.25, 0.3) is 0 Å². The topological polar surface area (TPSA) is 56.1 Å². The van der Waals surface area contributed by atoms with Gasteiger partial charge in [0, 0.05) is 23.1 Å². The van der Waals surface area contributed by atoms with E-state index in [0.717, 1.165) is 33.5 Å². The standard InChI is InChI=1S/C24H23N3O2/c1-17(24(28)25-16-19-12-6-9-15-22(19)29-2)27-21-14-8-7-13-20(21)23(26-27)18-10-4-3-5-11-18/h3-15,17H,16H2,1-2H3,(H,25,28)/t17-/m1/s1. The number of fused-ring (bicyclic) bond motifs is 1. The summed E-state index contributed by atoms with van der Waals surface area (Å²) in [6.45, 7) is 2.27. The number of hydrogen-bond donors (Lipinski definition) is 1. The molecule has 0 aliphatic rings. The molecule has 0 saturated carbocycles. The van der Waals surface area contributed by atoms with E-state index in [-0.39, 0.29) is 5.91 Å². The number of amides is 1. The van der Waals surface area contributed by atoms with Crippen molar-refractivity contribution in [1.29, 1.82) is 0 Å². The van der Waals surface area contributed by atoms with Gasteiger partial charge in [-0.05, 0) is 19.1 Å². The van der Waals surface area contributed by atoms with E-state index in [1.807, 2.05) is 85.8 Å². The van der Waals surface area contributed by atoms with Crippen molar-refractivity contribution in [3.63, 3.8) is 0 Å². The summed E-state index contributed by atoms with van der Waals surface area (Å²) in [7, 11) is 1.63. The van der Waals surface area contributed by atoms with Crippen molar-refractivity contribution in [2.75, 3.05) is 7.11 Å². The third-order valence-corrected chi connectivity index (χ3v) is 5.05. The molecule has 4 aromatic rings. The lowest BCUT2D eigenvalue weighted by Gasteiger charge is -2.15. The zero-order valence-electron chi connectivity index (χ0n) is 16.5. The lowest BCUT2D eigenvalue weighted by Crippen LogP contribution is -2.31. The van der Waals surface area contributed by atoms with Crippen LogP contribution in [-0.4, -0.2) is 22.8 Å². The van der Waals surface area contributed by atoms with Crippen molar-refractivity contribution in [3.05, 3.63) is 84.4 Å². The molecular weight excluding hydrogens is 362 g/mol. The van der Waals surface area contributed by atoms with E-state index in [4.69, 9.17) is 9.84 Å². The molecule has 4 rings (SSSR count). The quantitative estimate of drug-likeness (QED) is 0.528. The van der Waals surface area contributed by atoms with Crippen LogP contribution in [0.1, 0.15) is 18.5 Å². The molecule has 0 aliphatic carbocycles. The highest BCUT2D eigenvalue weighted by molar-refractivity contribution is 5.94. The highest BCUT2D eigenvalue weighted by Crippen LogP contribution is 2.29. The predicted molar refractivity (Wildman–Crippen MR) is 115 cm³/mol. The predicted octanol–water partition coefficient (Wildman–Crippen LogP) is 4.59. The van der Waals surface area contributed by atoms with Crippen molar-refractivity contribution in [2.45, 2.75) is 19.5 Å². The first kappa shape index (κ1) is 18.7. The van der Waals surface area contributed by atoms with E-state index in [1.54, 1.807) is 11.8 Å². The molecule has 1 amide bonds. The van der Waals surface area contributed by atoms with Crippen LogP contribution in [0.5, 0.6) is 5.75 Å². The zero-order valence-corrected chi connectivity index (χ0v) is 16.5. The second-order valence-corrected chi connectivity index (χ2v) is 6.88. The first-order chi connectivity index (χ1) is 14.2. The fourth-order valence-electron chi connectivity index (χ4n) is 3.48. The number of nitrogens with zero attached hydrogens (tertiary/aromatic N) is 2. The average molecular weight is 385 g/mol. The Bertz CT molecular complexity index is 1140. The average Bonchev–Trinajstić information content (AvgIpc) is 3.17. The summed E-state index contributed by atoms with van der Waals surface area (Å²) in [4.78, 5) is 12.9. The molecule has 0 saturated heterocycles. The Morgan fingerprint density at radius 2 is 1.69 bits per heavy atom. The molecular formula is C24H23N3O2. The molecule has 0 spiro atoms. The van der Waals surface area contributed by atoms with E-state index in [1.165, 1.54) is 0 Å². The number of nitrogens with one attached hydrogen (secondary N) is 1. The summed E-state index contributed by atoms with van der Waals surface area (Å²) in [5.74, 6) is 0.667. The molecule has 0 bridgehead atoms. The van der Waals surface area contributed by atoms with Crippen molar-refractivity contribution < 1.29 is 9.53 Å². The van der Waals surface area contributed by atoms with E-state index in [9.17, 15) is 4.79 Å². The van der Waals surface area contributed by atoms with Gasteiger partial charge in [0.2, 0.25) is 5.91 Å². The van der Waals surface area contributed by atoms with Gasteiger partial charge in [-0.15, -0.1) is 0 Å². The number of carbonyl (C=O) groups is 1. The maximum Gasteiger partial charge on any atom is 0.244 e. The molecule has 146 valence electrons. The Morgan fingerprint density at radius 1 is 1.00 bits per heavy atom. The summed E-state index contributed by atoms with van der Waals surface area (Å²) in [6.07, 6.45) is 0. The van der Waals surface area contributed by atoms with Crippen LogP contribution in [0.2, 0.25) is 0 Å². The first-order valence-corrected chi connectivity index (χ1v) is 9.61. The number of para-hydroxylation sites is 2. The van der Waals surface area contributed by atoms with Crippen molar-refractivity contribution >= 4 is 16.8 Å². The van der Waals surface area contributed by atoms with Crippen LogP contribution >= 0.6 is 0 Å². The molecule has 3 aromatic carbocycles. The second kappa shape index (κ2) is 8.19. The molecule has 0 aliphatic heterocycles. The molecule has 1 N–H and O–H groups in total. The van der Waals surface area contributed by atoms with Crippen LogP contribution in [0.3, 0.4) is 0 Å². The maximum atomic E-state index is 12.9. The highest BCUT2D eigenvalue weighted by atomic mass is 16.5. The molecule has 1 aromatic heterocycles. The van der Waals surface area contributed by atoms with Crippen molar-refractivity contribution in [3.8, 4) is 17.0 Å². The Kier molecular flexibility index (Phi) is 5.29. The molecule has 1 atom stereocenters. The van der Waals surface area contributed by atoms with Gasteiger partial charge in [-0.1, -0.05) is 66.7 Å². The van der Waals surface area contributed by atoms with Crippen molar-refractivity contribution in [2.24, 2.45) is 0 Å². The Labute approximate surface area is 169 Å². The van der Waals surface area contributed by atoms with Gasteiger partial charge in [0.1, 0.15) is 17.5 Å². The van der Waals surface area contributed by atoms with Gasteiger partial charge >= 0.3 is 0 Å². The van der Waals surface area contributed by atoms with Gasteiger partial charge in [0.15, 0.2) is 0 Å². The monoisotopic (exact) mass is 385 g/mol. The first-order valence-electron chi connectivity index (χ1n) is 9.61. The minimum atomic E-state index is -0.452. The Morgan fingerprint density at radius 3 is 2.48 bits per heavy atom. The van der Waals surface area contributed by atoms with Gasteiger partial charge in [-0.25, -0.2) is 0 Å². The molecule has 0 unspecified atom stereocenters. The zero-order chi connectivity index (χ0) is 20.2. The van der Waals surface area contributed by atoms with Crippen molar-refractivity contribution in [1.82, 2.24) is 15.1 Å². The van der Waals surface area contributed by atoms with Crippen LogP contribution < -0.4 is 10.1 Å². The molecule has 5 heteroatoms. The van der Waals surface area contributed by atoms with Crippen LogP contribution in [-0.2, 0) is 11.3 Å². The fraction of sp³-hybridized carbons (Fsp3) is 0.167. The number of hydrogen-bond acceptors (Lipinski definition) is 3. The largest absolute Gasteiger partial charge is 0.496 e.